The van der Waals surface area contributed by atoms with Crippen molar-refractivity contribution in [2.75, 3.05) is 24.4 Å². The van der Waals surface area contributed by atoms with Crippen molar-refractivity contribution in [2.45, 2.75) is 13.5 Å². The van der Waals surface area contributed by atoms with Gasteiger partial charge in [-0.05, 0) is 54.4 Å². The third-order valence-corrected chi connectivity index (χ3v) is 6.38. The Morgan fingerprint density at radius 1 is 0.919 bits per heavy atom. The van der Waals surface area contributed by atoms with Gasteiger partial charge in [0.1, 0.15) is 22.2 Å². The fourth-order valence-corrected chi connectivity index (χ4v) is 4.06. The van der Waals surface area contributed by atoms with E-state index in [0.29, 0.717) is 28.6 Å². The summed E-state index contributed by atoms with van der Waals surface area (Å²) in [5.74, 6) is -0.903. The monoisotopic (exact) mass is 539 g/mol. The number of ether oxygens (including phenoxy) is 2. The fraction of sp³-hybridized carbons (Fsp3) is 0.148. The molecule has 10 heteroatoms. The zero-order valence-electron chi connectivity index (χ0n) is 20.2. The van der Waals surface area contributed by atoms with Crippen LogP contribution in [0.3, 0.4) is 0 Å². The predicted molar refractivity (Wildman–Crippen MR) is 142 cm³/mol. The molecule has 37 heavy (non-hydrogen) atoms. The summed E-state index contributed by atoms with van der Waals surface area (Å²) in [7, 11) is 2.92. The molecule has 3 amide bonds. The molecule has 0 radical (unpaired) electrons. The lowest BCUT2D eigenvalue weighted by molar-refractivity contribution is -0.120. The van der Waals surface area contributed by atoms with Gasteiger partial charge in [0.05, 0.1) is 19.9 Å². The first-order valence-corrected chi connectivity index (χ1v) is 11.9. The molecule has 1 aliphatic heterocycles. The maximum Gasteiger partial charge on any atom is 0.283 e. The van der Waals surface area contributed by atoms with Crippen molar-refractivity contribution < 1.29 is 23.9 Å². The van der Waals surface area contributed by atoms with E-state index in [9.17, 15) is 14.4 Å². The van der Waals surface area contributed by atoms with Crippen molar-refractivity contribution in [3.8, 4) is 11.5 Å². The van der Waals surface area contributed by atoms with E-state index in [1.807, 2.05) is 12.1 Å². The number of amides is 3. The third kappa shape index (κ3) is 5.40. The minimum absolute atomic E-state index is 0.105. The van der Waals surface area contributed by atoms with E-state index in [1.165, 1.54) is 20.3 Å². The zero-order valence-corrected chi connectivity index (χ0v) is 21.7. The highest BCUT2D eigenvalue weighted by atomic mass is 35.5. The molecular formula is C27H23Cl2N3O5. The average molecular weight is 540 g/mol. The smallest absolute Gasteiger partial charge is 0.283 e. The van der Waals surface area contributed by atoms with E-state index in [0.717, 1.165) is 16.0 Å². The molecule has 3 aromatic rings. The van der Waals surface area contributed by atoms with Gasteiger partial charge in [-0.25, -0.2) is 4.90 Å². The van der Waals surface area contributed by atoms with Gasteiger partial charge in [-0.1, -0.05) is 41.4 Å². The SMILES string of the molecule is COc1ccc(N2C(=O)C(Cl)=C(Nc3cc(C(=O)NCc4ccc(Cl)cc4)ccc3C)C2=O)c(OC)c1. The molecule has 8 nitrogen and oxygen atoms in total. The molecule has 0 atom stereocenters. The number of anilines is 2. The van der Waals surface area contributed by atoms with Crippen LogP contribution in [0.15, 0.2) is 71.4 Å². The summed E-state index contributed by atoms with van der Waals surface area (Å²) in [5, 5.41) is 6.13. The van der Waals surface area contributed by atoms with Crippen molar-refractivity contribution in [1.82, 2.24) is 5.32 Å². The number of imide groups is 1. The van der Waals surface area contributed by atoms with Gasteiger partial charge in [0, 0.05) is 28.9 Å². The van der Waals surface area contributed by atoms with Gasteiger partial charge in [0.15, 0.2) is 0 Å². The van der Waals surface area contributed by atoms with Gasteiger partial charge >= 0.3 is 0 Å². The highest BCUT2D eigenvalue weighted by Gasteiger charge is 2.40. The molecule has 0 bridgehead atoms. The second-order valence-electron chi connectivity index (χ2n) is 8.14. The van der Waals surface area contributed by atoms with Gasteiger partial charge in [0.25, 0.3) is 17.7 Å². The van der Waals surface area contributed by atoms with Gasteiger partial charge < -0.3 is 20.1 Å². The fourth-order valence-electron chi connectivity index (χ4n) is 3.72. The molecule has 0 saturated heterocycles. The van der Waals surface area contributed by atoms with E-state index in [2.05, 4.69) is 10.6 Å². The Labute approximate surface area is 223 Å². The number of rotatable bonds is 8. The highest BCUT2D eigenvalue weighted by molar-refractivity contribution is 6.53. The van der Waals surface area contributed by atoms with Crippen LogP contribution in [0.4, 0.5) is 11.4 Å². The third-order valence-electron chi connectivity index (χ3n) is 5.78. The first-order valence-electron chi connectivity index (χ1n) is 11.1. The van der Waals surface area contributed by atoms with E-state index in [-0.39, 0.29) is 28.1 Å². The zero-order chi connectivity index (χ0) is 26.7. The van der Waals surface area contributed by atoms with Crippen LogP contribution in [-0.4, -0.2) is 31.9 Å². The van der Waals surface area contributed by atoms with Crippen LogP contribution in [0.25, 0.3) is 0 Å². The Hall–Kier alpha value is -4.01. The minimum Gasteiger partial charge on any atom is -0.497 e. The number of halogens is 2. The molecule has 0 unspecified atom stereocenters. The number of hydrogen-bond acceptors (Lipinski definition) is 6. The minimum atomic E-state index is -0.702. The molecule has 2 N–H and O–H groups in total. The lowest BCUT2D eigenvalue weighted by atomic mass is 10.1. The Morgan fingerprint density at radius 2 is 1.65 bits per heavy atom. The summed E-state index contributed by atoms with van der Waals surface area (Å²) in [6.07, 6.45) is 0. The topological polar surface area (TPSA) is 97.0 Å². The quantitative estimate of drug-likeness (QED) is 0.389. The predicted octanol–water partition coefficient (Wildman–Crippen LogP) is 5.03. The number of methoxy groups -OCH3 is 2. The van der Waals surface area contributed by atoms with E-state index >= 15 is 0 Å². The number of aryl methyl sites for hydroxylation is 1. The number of benzene rings is 3. The van der Waals surface area contributed by atoms with Crippen LogP contribution in [0.1, 0.15) is 21.5 Å². The van der Waals surface area contributed by atoms with Crippen molar-refractivity contribution in [1.29, 1.82) is 0 Å². The summed E-state index contributed by atoms with van der Waals surface area (Å²) in [6.45, 7) is 2.12. The number of hydrogen-bond donors (Lipinski definition) is 2. The molecule has 1 aliphatic rings. The number of nitrogens with zero attached hydrogens (tertiary/aromatic N) is 1. The van der Waals surface area contributed by atoms with Crippen LogP contribution in [0, 0.1) is 6.92 Å². The second-order valence-corrected chi connectivity index (χ2v) is 8.95. The number of carbonyl (C=O) groups is 3. The Kier molecular flexibility index (Phi) is 7.71. The normalized spacial score (nSPS) is 13.2. The molecule has 0 saturated carbocycles. The first kappa shape index (κ1) is 26.1. The van der Waals surface area contributed by atoms with Crippen LogP contribution >= 0.6 is 23.2 Å². The van der Waals surface area contributed by atoms with Gasteiger partial charge in [0.2, 0.25) is 0 Å². The van der Waals surface area contributed by atoms with Crippen LogP contribution in [0.2, 0.25) is 5.02 Å². The summed E-state index contributed by atoms with van der Waals surface area (Å²) in [6, 6.07) is 16.9. The van der Waals surface area contributed by atoms with Crippen molar-refractivity contribution >= 4 is 52.3 Å². The second kappa shape index (κ2) is 10.9. The van der Waals surface area contributed by atoms with Gasteiger partial charge in [-0.15, -0.1) is 0 Å². The standard InChI is InChI=1S/C27H23Cl2N3O5/c1-15-4-7-17(25(33)30-14-16-5-8-18(28)9-6-16)12-20(15)31-24-23(29)26(34)32(27(24)35)21-11-10-19(36-2)13-22(21)37-3/h4-13,31H,14H2,1-3H3,(H,30,33). The first-order chi connectivity index (χ1) is 17.7. The lowest BCUT2D eigenvalue weighted by Crippen LogP contribution is -2.32. The molecular weight excluding hydrogens is 517 g/mol. The van der Waals surface area contributed by atoms with Crippen molar-refractivity contribution in [3.63, 3.8) is 0 Å². The highest BCUT2D eigenvalue weighted by Crippen LogP contribution is 2.38. The Morgan fingerprint density at radius 3 is 2.32 bits per heavy atom. The van der Waals surface area contributed by atoms with Crippen molar-refractivity contribution in [2.24, 2.45) is 0 Å². The number of nitrogens with one attached hydrogen (secondary N) is 2. The van der Waals surface area contributed by atoms with Gasteiger partial charge in [-0.3, -0.25) is 14.4 Å². The summed E-state index contributed by atoms with van der Waals surface area (Å²) in [5.41, 5.74) is 2.57. The molecule has 0 spiro atoms. The summed E-state index contributed by atoms with van der Waals surface area (Å²) >= 11 is 12.2. The maximum absolute atomic E-state index is 13.3. The largest absolute Gasteiger partial charge is 0.497 e. The number of carbonyl (C=O) groups excluding carboxylic acids is 3. The molecule has 0 fully saturated rings. The van der Waals surface area contributed by atoms with E-state index in [4.69, 9.17) is 32.7 Å². The van der Waals surface area contributed by atoms with Crippen LogP contribution in [-0.2, 0) is 16.1 Å². The van der Waals surface area contributed by atoms with Crippen LogP contribution < -0.4 is 25.0 Å². The molecule has 3 aromatic carbocycles. The maximum atomic E-state index is 13.3. The van der Waals surface area contributed by atoms with Gasteiger partial charge in [-0.2, -0.15) is 0 Å². The van der Waals surface area contributed by atoms with E-state index in [1.54, 1.807) is 49.4 Å². The Balaban J connectivity index is 1.55. The molecule has 1 heterocycles. The lowest BCUT2D eigenvalue weighted by Gasteiger charge is -2.19. The average Bonchev–Trinajstić information content (AvgIpc) is 3.11. The molecule has 4 rings (SSSR count). The molecule has 0 aliphatic carbocycles. The summed E-state index contributed by atoms with van der Waals surface area (Å²) < 4.78 is 10.5. The molecule has 190 valence electrons. The van der Waals surface area contributed by atoms with Crippen LogP contribution in [0.5, 0.6) is 11.5 Å². The Bertz CT molecular complexity index is 1420. The summed E-state index contributed by atoms with van der Waals surface area (Å²) in [4.78, 5) is 39.9. The van der Waals surface area contributed by atoms with Crippen molar-refractivity contribution in [3.05, 3.63) is 93.1 Å². The molecule has 0 aromatic heterocycles. The van der Waals surface area contributed by atoms with E-state index < -0.39 is 11.8 Å².